The molecule has 0 amide bonds. The first-order valence-corrected chi connectivity index (χ1v) is 8.60. The molecule has 0 fully saturated rings. The minimum atomic E-state index is -0.171. The number of para-hydroxylation sites is 1. The SMILES string of the molecule is CN(C)c1nc(N)nc(/C(C#N)=C/C=C2/N(C)c3ccccc3C2(C)C)n1. The van der Waals surface area contributed by atoms with Gasteiger partial charge in [0, 0.05) is 37.9 Å². The molecular weight excluding hydrogens is 338 g/mol. The number of nitrogens with two attached hydrogens (primary N) is 1. The second kappa shape index (κ2) is 6.72. The van der Waals surface area contributed by atoms with Crippen molar-refractivity contribution in [2.45, 2.75) is 19.3 Å². The molecule has 7 heteroatoms. The van der Waals surface area contributed by atoms with Gasteiger partial charge < -0.3 is 15.5 Å². The molecule has 0 radical (unpaired) electrons. The van der Waals surface area contributed by atoms with Crippen LogP contribution >= 0.6 is 0 Å². The maximum Gasteiger partial charge on any atom is 0.230 e. The summed E-state index contributed by atoms with van der Waals surface area (Å²) in [6.07, 6.45) is 3.70. The van der Waals surface area contributed by atoms with Gasteiger partial charge in [-0.2, -0.15) is 20.2 Å². The molecule has 1 aromatic carbocycles. The Morgan fingerprint density at radius 3 is 2.56 bits per heavy atom. The lowest BCUT2D eigenvalue weighted by molar-refractivity contribution is 0.640. The van der Waals surface area contributed by atoms with E-state index in [1.807, 2.05) is 39.4 Å². The van der Waals surface area contributed by atoms with Crippen LogP contribution in [0, 0.1) is 11.3 Å². The molecule has 0 aliphatic carbocycles. The molecule has 0 atom stereocenters. The predicted octanol–water partition coefficient (Wildman–Crippen LogP) is 2.74. The fraction of sp³-hybridized carbons (Fsp3) is 0.300. The van der Waals surface area contributed by atoms with Crippen LogP contribution in [0.3, 0.4) is 0 Å². The largest absolute Gasteiger partial charge is 0.368 e. The van der Waals surface area contributed by atoms with Crippen LogP contribution in [0.2, 0.25) is 0 Å². The Kier molecular flexibility index (Phi) is 4.58. The Morgan fingerprint density at radius 2 is 1.93 bits per heavy atom. The van der Waals surface area contributed by atoms with Gasteiger partial charge in [0.15, 0.2) is 5.82 Å². The van der Waals surface area contributed by atoms with Gasteiger partial charge in [0.2, 0.25) is 11.9 Å². The summed E-state index contributed by atoms with van der Waals surface area (Å²) in [5.41, 5.74) is 9.45. The van der Waals surface area contributed by atoms with Crippen LogP contribution in [-0.2, 0) is 5.41 Å². The third-order valence-electron chi connectivity index (χ3n) is 4.75. The number of nitriles is 1. The van der Waals surface area contributed by atoms with E-state index in [-0.39, 0.29) is 17.2 Å². The van der Waals surface area contributed by atoms with Crippen LogP contribution in [0.5, 0.6) is 0 Å². The van der Waals surface area contributed by atoms with Gasteiger partial charge in [0.25, 0.3) is 0 Å². The van der Waals surface area contributed by atoms with Gasteiger partial charge >= 0.3 is 0 Å². The second-order valence-corrected chi connectivity index (χ2v) is 7.16. The minimum Gasteiger partial charge on any atom is -0.368 e. The topological polar surface area (TPSA) is 95.0 Å². The lowest BCUT2D eigenvalue weighted by Gasteiger charge is -2.23. The third-order valence-corrected chi connectivity index (χ3v) is 4.75. The van der Waals surface area contributed by atoms with Crippen molar-refractivity contribution in [3.05, 3.63) is 53.5 Å². The molecule has 7 nitrogen and oxygen atoms in total. The van der Waals surface area contributed by atoms with Crippen molar-refractivity contribution in [2.75, 3.05) is 36.7 Å². The van der Waals surface area contributed by atoms with E-state index in [0.717, 1.165) is 5.70 Å². The molecule has 1 aromatic heterocycles. The van der Waals surface area contributed by atoms with Crippen molar-refractivity contribution in [3.63, 3.8) is 0 Å². The number of likely N-dealkylation sites (N-methyl/N-ethyl adjacent to an activating group) is 1. The summed E-state index contributed by atoms with van der Waals surface area (Å²) in [4.78, 5) is 16.4. The highest BCUT2D eigenvalue weighted by molar-refractivity contribution is 5.76. The average Bonchev–Trinajstić information content (AvgIpc) is 2.82. The molecule has 0 saturated carbocycles. The number of hydrogen-bond acceptors (Lipinski definition) is 7. The van der Waals surface area contributed by atoms with Crippen LogP contribution in [0.4, 0.5) is 17.6 Å². The molecule has 0 unspecified atom stereocenters. The van der Waals surface area contributed by atoms with E-state index in [0.29, 0.717) is 11.5 Å². The summed E-state index contributed by atoms with van der Waals surface area (Å²) >= 11 is 0. The second-order valence-electron chi connectivity index (χ2n) is 7.16. The van der Waals surface area contributed by atoms with Gasteiger partial charge in [0.05, 0.1) is 5.57 Å². The standard InChI is InChI=1S/C20H23N7/c1-20(2)14-8-6-7-9-15(14)27(5)16(20)11-10-13(12-21)17-23-18(22)25-19(24-17)26(3)4/h6-11H,1-5H3,(H2,22,23,24,25)/b13-10+,16-11+. The van der Waals surface area contributed by atoms with E-state index in [1.54, 1.807) is 11.0 Å². The maximum atomic E-state index is 9.63. The Hall–Kier alpha value is -3.40. The summed E-state index contributed by atoms with van der Waals surface area (Å²) in [5, 5.41) is 9.63. The molecule has 2 N–H and O–H groups in total. The summed E-state index contributed by atoms with van der Waals surface area (Å²) in [6.45, 7) is 4.35. The fourth-order valence-electron chi connectivity index (χ4n) is 3.33. The van der Waals surface area contributed by atoms with Crippen molar-refractivity contribution in [2.24, 2.45) is 0 Å². The van der Waals surface area contributed by atoms with Gasteiger partial charge in [-0.3, -0.25) is 0 Å². The number of fused-ring (bicyclic) bond motifs is 1. The van der Waals surface area contributed by atoms with E-state index in [2.05, 4.69) is 51.9 Å². The zero-order chi connectivity index (χ0) is 19.8. The lowest BCUT2D eigenvalue weighted by Crippen LogP contribution is -2.22. The van der Waals surface area contributed by atoms with Crippen LogP contribution in [0.1, 0.15) is 25.2 Å². The Morgan fingerprint density at radius 1 is 1.22 bits per heavy atom. The van der Waals surface area contributed by atoms with Crippen molar-refractivity contribution in [3.8, 4) is 6.07 Å². The third kappa shape index (κ3) is 3.22. The van der Waals surface area contributed by atoms with E-state index in [4.69, 9.17) is 5.73 Å². The van der Waals surface area contributed by atoms with Crippen LogP contribution in [0.25, 0.3) is 5.57 Å². The zero-order valence-electron chi connectivity index (χ0n) is 16.2. The van der Waals surface area contributed by atoms with Crippen molar-refractivity contribution < 1.29 is 0 Å². The molecule has 3 rings (SSSR count). The number of rotatable bonds is 3. The first kappa shape index (κ1) is 18.4. The highest BCUT2D eigenvalue weighted by Crippen LogP contribution is 2.46. The van der Waals surface area contributed by atoms with Gasteiger partial charge in [0.1, 0.15) is 6.07 Å². The fourth-order valence-corrected chi connectivity index (χ4v) is 3.33. The first-order chi connectivity index (χ1) is 12.8. The molecule has 1 aliphatic heterocycles. The van der Waals surface area contributed by atoms with Crippen molar-refractivity contribution in [1.29, 1.82) is 5.26 Å². The smallest absolute Gasteiger partial charge is 0.230 e. The summed E-state index contributed by atoms with van der Waals surface area (Å²) in [7, 11) is 5.65. The van der Waals surface area contributed by atoms with Crippen molar-refractivity contribution >= 4 is 23.2 Å². The first-order valence-electron chi connectivity index (χ1n) is 8.60. The van der Waals surface area contributed by atoms with Crippen LogP contribution in [-0.4, -0.2) is 36.1 Å². The van der Waals surface area contributed by atoms with E-state index in [1.165, 1.54) is 11.3 Å². The Balaban J connectivity index is 2.05. The number of benzene rings is 1. The van der Waals surface area contributed by atoms with E-state index < -0.39 is 0 Å². The molecule has 138 valence electrons. The number of nitrogens with zero attached hydrogens (tertiary/aromatic N) is 6. The van der Waals surface area contributed by atoms with E-state index in [9.17, 15) is 5.26 Å². The zero-order valence-corrected chi connectivity index (χ0v) is 16.2. The highest BCUT2D eigenvalue weighted by Gasteiger charge is 2.37. The van der Waals surface area contributed by atoms with Crippen molar-refractivity contribution in [1.82, 2.24) is 15.0 Å². The van der Waals surface area contributed by atoms with Gasteiger partial charge in [-0.05, 0) is 23.8 Å². The number of hydrogen-bond donors (Lipinski definition) is 1. The highest BCUT2D eigenvalue weighted by atomic mass is 15.3. The minimum absolute atomic E-state index is 0.0863. The van der Waals surface area contributed by atoms with Gasteiger partial charge in [-0.15, -0.1) is 0 Å². The summed E-state index contributed by atoms with van der Waals surface area (Å²) < 4.78 is 0. The maximum absolute atomic E-state index is 9.63. The monoisotopic (exact) mass is 361 g/mol. The van der Waals surface area contributed by atoms with Gasteiger partial charge in [-0.1, -0.05) is 32.0 Å². The molecule has 27 heavy (non-hydrogen) atoms. The molecule has 0 spiro atoms. The Labute approximate surface area is 159 Å². The number of nitrogen functional groups attached to an aromatic ring is 1. The molecule has 2 heterocycles. The number of aromatic nitrogens is 3. The van der Waals surface area contributed by atoms with Crippen LogP contribution in [0.15, 0.2) is 42.1 Å². The molecule has 0 bridgehead atoms. The molecular formula is C20H23N7. The number of allylic oxidation sites excluding steroid dienone is 4. The molecule has 0 saturated heterocycles. The number of anilines is 3. The predicted molar refractivity (Wildman–Crippen MR) is 108 cm³/mol. The normalized spacial score (nSPS) is 17.0. The van der Waals surface area contributed by atoms with Gasteiger partial charge in [-0.25, -0.2) is 0 Å². The molecule has 1 aliphatic rings. The van der Waals surface area contributed by atoms with Crippen LogP contribution < -0.4 is 15.5 Å². The van der Waals surface area contributed by atoms with E-state index >= 15 is 0 Å². The average molecular weight is 361 g/mol. The lowest BCUT2D eigenvalue weighted by atomic mass is 9.83. The quantitative estimate of drug-likeness (QED) is 0.840. The summed E-state index contributed by atoms with van der Waals surface area (Å²) in [6, 6.07) is 10.5. The Bertz CT molecular complexity index is 980. The summed E-state index contributed by atoms with van der Waals surface area (Å²) in [5.74, 6) is 0.766. The molecule has 2 aromatic rings.